The summed E-state index contributed by atoms with van der Waals surface area (Å²) in [5.74, 6) is 0. The Morgan fingerprint density at radius 2 is 2.21 bits per heavy atom. The van der Waals surface area contributed by atoms with Crippen LogP contribution in [0.4, 0.5) is 0 Å². The fraction of sp³-hybridized carbons (Fsp3) is 0.800. The van der Waals surface area contributed by atoms with Crippen molar-refractivity contribution < 1.29 is 0 Å². The minimum absolute atomic E-state index is 0.492. The third-order valence-corrected chi connectivity index (χ3v) is 5.97. The van der Waals surface area contributed by atoms with Gasteiger partial charge in [0.15, 0.2) is 0 Å². The molecule has 1 aromatic heterocycles. The van der Waals surface area contributed by atoms with Gasteiger partial charge in [0.05, 0.1) is 6.04 Å². The van der Waals surface area contributed by atoms with E-state index in [-0.39, 0.29) is 0 Å². The second-order valence-electron chi connectivity index (χ2n) is 5.87. The SMILES string of the molecule is CCc1cnc(C(C)N2CCCN3CCCC3C2)s1. The Hall–Kier alpha value is -0.450. The standard InChI is InChI=1S/C15H25N3S/c1-3-14-10-16-15(19-14)12(2)18-9-5-8-17-7-4-6-13(17)11-18/h10,12-13H,3-9,11H2,1-2H3. The Bertz CT molecular complexity index is 417. The maximum atomic E-state index is 4.64. The van der Waals surface area contributed by atoms with E-state index in [9.17, 15) is 0 Å². The fourth-order valence-corrected chi connectivity index (χ4v) is 4.37. The lowest BCUT2D eigenvalue weighted by Crippen LogP contribution is -2.37. The molecule has 2 aliphatic heterocycles. The highest BCUT2D eigenvalue weighted by Gasteiger charge is 2.31. The Kier molecular flexibility index (Phi) is 4.20. The van der Waals surface area contributed by atoms with Crippen molar-refractivity contribution >= 4 is 11.3 Å². The van der Waals surface area contributed by atoms with E-state index in [1.807, 2.05) is 11.3 Å². The summed E-state index contributed by atoms with van der Waals surface area (Å²) in [4.78, 5) is 11.4. The van der Waals surface area contributed by atoms with Crippen molar-refractivity contribution in [2.75, 3.05) is 26.2 Å². The summed E-state index contributed by atoms with van der Waals surface area (Å²) in [5.41, 5.74) is 0. The number of aromatic nitrogens is 1. The van der Waals surface area contributed by atoms with Crippen LogP contribution >= 0.6 is 11.3 Å². The van der Waals surface area contributed by atoms with Gasteiger partial charge in [-0.2, -0.15) is 0 Å². The number of aryl methyl sites for hydroxylation is 1. The van der Waals surface area contributed by atoms with Crippen molar-refractivity contribution in [2.45, 2.75) is 51.6 Å². The Labute approximate surface area is 120 Å². The second kappa shape index (κ2) is 5.90. The topological polar surface area (TPSA) is 19.4 Å². The van der Waals surface area contributed by atoms with E-state index in [0.29, 0.717) is 6.04 Å². The average molecular weight is 279 g/mol. The van der Waals surface area contributed by atoms with Crippen LogP contribution in [0.3, 0.4) is 0 Å². The molecule has 0 spiro atoms. The van der Waals surface area contributed by atoms with Gasteiger partial charge in [-0.3, -0.25) is 9.80 Å². The smallest absolute Gasteiger partial charge is 0.110 e. The van der Waals surface area contributed by atoms with Crippen LogP contribution in [0.2, 0.25) is 0 Å². The summed E-state index contributed by atoms with van der Waals surface area (Å²) < 4.78 is 0. The van der Waals surface area contributed by atoms with Crippen LogP contribution in [0.25, 0.3) is 0 Å². The maximum Gasteiger partial charge on any atom is 0.110 e. The molecule has 2 unspecified atom stereocenters. The lowest BCUT2D eigenvalue weighted by atomic mass is 10.2. The van der Waals surface area contributed by atoms with Crippen LogP contribution < -0.4 is 0 Å². The number of fused-ring (bicyclic) bond motifs is 1. The molecule has 0 radical (unpaired) electrons. The Morgan fingerprint density at radius 3 is 3.00 bits per heavy atom. The van der Waals surface area contributed by atoms with Gasteiger partial charge in [-0.1, -0.05) is 6.92 Å². The predicted octanol–water partition coefficient (Wildman–Crippen LogP) is 2.94. The van der Waals surface area contributed by atoms with Gasteiger partial charge < -0.3 is 0 Å². The van der Waals surface area contributed by atoms with Gasteiger partial charge in [0.2, 0.25) is 0 Å². The van der Waals surface area contributed by atoms with Gasteiger partial charge in [0.25, 0.3) is 0 Å². The van der Waals surface area contributed by atoms with Crippen LogP contribution in [0, 0.1) is 0 Å². The molecule has 2 aliphatic rings. The summed E-state index contributed by atoms with van der Waals surface area (Å²) in [7, 11) is 0. The molecule has 0 N–H and O–H groups in total. The third kappa shape index (κ3) is 2.86. The highest BCUT2D eigenvalue weighted by Crippen LogP contribution is 2.29. The fourth-order valence-electron chi connectivity index (χ4n) is 3.42. The molecular weight excluding hydrogens is 254 g/mol. The number of hydrogen-bond acceptors (Lipinski definition) is 4. The summed E-state index contributed by atoms with van der Waals surface area (Å²) >= 11 is 1.90. The van der Waals surface area contributed by atoms with E-state index < -0.39 is 0 Å². The first-order valence-corrected chi connectivity index (χ1v) is 8.52. The highest BCUT2D eigenvalue weighted by molar-refractivity contribution is 7.11. The van der Waals surface area contributed by atoms with Gasteiger partial charge in [0.1, 0.15) is 5.01 Å². The first-order chi connectivity index (χ1) is 9.28. The normalized spacial score (nSPS) is 27.2. The van der Waals surface area contributed by atoms with Gasteiger partial charge in [0, 0.05) is 30.2 Å². The molecule has 0 amide bonds. The number of hydrogen-bond donors (Lipinski definition) is 0. The van der Waals surface area contributed by atoms with E-state index in [1.54, 1.807) is 0 Å². The molecule has 2 saturated heterocycles. The summed E-state index contributed by atoms with van der Waals surface area (Å²) in [6.07, 6.45) is 7.27. The number of thiazole rings is 1. The van der Waals surface area contributed by atoms with E-state index >= 15 is 0 Å². The molecule has 3 heterocycles. The molecular formula is C15H25N3S. The molecule has 3 rings (SSSR count). The lowest BCUT2D eigenvalue weighted by Gasteiger charge is -2.29. The first kappa shape index (κ1) is 13.5. The second-order valence-corrected chi connectivity index (χ2v) is 7.02. The van der Waals surface area contributed by atoms with Crippen LogP contribution in [-0.4, -0.2) is 47.0 Å². The molecule has 0 saturated carbocycles. The third-order valence-electron chi connectivity index (χ3n) is 4.66. The molecule has 2 fully saturated rings. The van der Waals surface area contributed by atoms with Crippen LogP contribution in [0.5, 0.6) is 0 Å². The highest BCUT2D eigenvalue weighted by atomic mass is 32.1. The van der Waals surface area contributed by atoms with E-state index in [0.717, 1.165) is 12.5 Å². The lowest BCUT2D eigenvalue weighted by molar-refractivity contribution is 0.182. The van der Waals surface area contributed by atoms with Gasteiger partial charge in [-0.25, -0.2) is 4.98 Å². The molecule has 1 aromatic rings. The zero-order valence-corrected chi connectivity index (χ0v) is 13.0. The van der Waals surface area contributed by atoms with Crippen molar-refractivity contribution in [3.63, 3.8) is 0 Å². The molecule has 0 aliphatic carbocycles. The zero-order chi connectivity index (χ0) is 13.2. The zero-order valence-electron chi connectivity index (χ0n) is 12.1. The Balaban J connectivity index is 1.69. The van der Waals surface area contributed by atoms with Crippen molar-refractivity contribution in [1.29, 1.82) is 0 Å². The van der Waals surface area contributed by atoms with Crippen LogP contribution in [-0.2, 0) is 6.42 Å². The van der Waals surface area contributed by atoms with Crippen LogP contribution in [0.1, 0.15) is 49.0 Å². The van der Waals surface area contributed by atoms with Crippen molar-refractivity contribution in [2.24, 2.45) is 0 Å². The minimum atomic E-state index is 0.492. The first-order valence-electron chi connectivity index (χ1n) is 7.70. The quantitative estimate of drug-likeness (QED) is 0.848. The summed E-state index contributed by atoms with van der Waals surface area (Å²) in [6, 6.07) is 1.29. The largest absolute Gasteiger partial charge is 0.299 e. The van der Waals surface area contributed by atoms with Gasteiger partial charge in [-0.05, 0) is 45.7 Å². The molecule has 4 heteroatoms. The minimum Gasteiger partial charge on any atom is -0.299 e. The maximum absolute atomic E-state index is 4.64. The monoisotopic (exact) mass is 279 g/mol. The van der Waals surface area contributed by atoms with E-state index in [2.05, 4.69) is 34.8 Å². The Morgan fingerprint density at radius 1 is 1.37 bits per heavy atom. The van der Waals surface area contributed by atoms with Crippen molar-refractivity contribution in [3.8, 4) is 0 Å². The molecule has 0 bridgehead atoms. The van der Waals surface area contributed by atoms with E-state index in [4.69, 9.17) is 0 Å². The van der Waals surface area contributed by atoms with Gasteiger partial charge >= 0.3 is 0 Å². The van der Waals surface area contributed by atoms with Crippen molar-refractivity contribution in [3.05, 3.63) is 16.1 Å². The summed E-state index contributed by atoms with van der Waals surface area (Å²) in [5, 5.41) is 1.31. The number of rotatable bonds is 3. The van der Waals surface area contributed by atoms with Crippen molar-refractivity contribution in [1.82, 2.24) is 14.8 Å². The average Bonchev–Trinajstić information content (AvgIpc) is 3.03. The molecule has 3 nitrogen and oxygen atoms in total. The molecule has 106 valence electrons. The summed E-state index contributed by atoms with van der Waals surface area (Å²) in [6.45, 7) is 9.64. The predicted molar refractivity (Wildman–Crippen MR) is 80.7 cm³/mol. The van der Waals surface area contributed by atoms with E-state index in [1.165, 1.54) is 55.3 Å². The molecule has 0 aromatic carbocycles. The van der Waals surface area contributed by atoms with Crippen LogP contribution in [0.15, 0.2) is 6.20 Å². The van der Waals surface area contributed by atoms with Gasteiger partial charge in [-0.15, -0.1) is 11.3 Å². The number of nitrogens with zero attached hydrogens (tertiary/aromatic N) is 3. The molecule has 2 atom stereocenters. The molecule has 19 heavy (non-hydrogen) atoms.